The molecule has 0 aromatic heterocycles. The molecule has 2 aliphatic rings. The summed E-state index contributed by atoms with van der Waals surface area (Å²) in [5.41, 5.74) is 5.65. The molecule has 1 unspecified atom stereocenters. The Kier molecular flexibility index (Phi) is 7.36. The third-order valence-corrected chi connectivity index (χ3v) is 8.96. The number of nitrogens with zero attached hydrogens (tertiary/aromatic N) is 1. The maximum Gasteiger partial charge on any atom is 0.234 e. The Morgan fingerprint density at radius 3 is 1.95 bits per heavy atom. The van der Waals surface area contributed by atoms with Crippen LogP contribution in [0.4, 0.5) is 0 Å². The van der Waals surface area contributed by atoms with E-state index < -0.39 is 6.04 Å². The molecule has 4 nitrogen and oxygen atoms in total. The van der Waals surface area contributed by atoms with Gasteiger partial charge in [-0.25, -0.2) is 0 Å². The Morgan fingerprint density at radius 1 is 0.744 bits per heavy atom. The normalized spacial score (nSPS) is 16.6. The van der Waals surface area contributed by atoms with Gasteiger partial charge in [-0.1, -0.05) is 114 Å². The summed E-state index contributed by atoms with van der Waals surface area (Å²) >= 11 is 12.7. The molecule has 1 N–H and O–H groups in total. The Balaban J connectivity index is 1.20. The summed E-state index contributed by atoms with van der Waals surface area (Å²) in [6, 6.07) is 32.1. The molecule has 0 bridgehead atoms. The summed E-state index contributed by atoms with van der Waals surface area (Å²) in [5, 5.41) is 8.76. The minimum Gasteiger partial charge on any atom is -0.348 e. The fourth-order valence-corrected chi connectivity index (χ4v) is 6.83. The van der Waals surface area contributed by atoms with E-state index in [-0.39, 0.29) is 18.2 Å². The van der Waals surface area contributed by atoms with Gasteiger partial charge in [-0.15, -0.1) is 0 Å². The topological polar surface area (TPSA) is 49.4 Å². The highest BCUT2D eigenvalue weighted by Gasteiger charge is 2.29. The van der Waals surface area contributed by atoms with Crippen LogP contribution < -0.4 is 5.32 Å². The van der Waals surface area contributed by atoms with E-state index in [1.807, 2.05) is 6.08 Å². The summed E-state index contributed by atoms with van der Waals surface area (Å²) in [6.07, 6.45) is 3.89. The molecule has 0 fully saturated rings. The first-order valence-electron chi connectivity index (χ1n) is 14.4. The van der Waals surface area contributed by atoms with Crippen molar-refractivity contribution in [1.29, 1.82) is 0 Å². The van der Waals surface area contributed by atoms with Crippen molar-refractivity contribution in [3.8, 4) is 11.1 Å². The number of ketones is 1. The lowest BCUT2D eigenvalue weighted by molar-refractivity contribution is -0.123. The molecule has 6 heteroatoms. The summed E-state index contributed by atoms with van der Waals surface area (Å²) in [7, 11) is 0. The summed E-state index contributed by atoms with van der Waals surface area (Å²) < 4.78 is 0. The van der Waals surface area contributed by atoms with E-state index in [4.69, 9.17) is 23.2 Å². The SMILES string of the molecule is O=C(CN1Cc2ccc3ccccc3c2-c2c(ccc3ccccc23)C1)NC1CC=C(Cl)C=C1C(=O)c1ccccc1Cl. The average Bonchev–Trinajstić information content (AvgIpc) is 3.18. The highest BCUT2D eigenvalue weighted by atomic mass is 35.5. The van der Waals surface area contributed by atoms with Gasteiger partial charge in [-0.05, 0) is 68.4 Å². The van der Waals surface area contributed by atoms with Crippen LogP contribution >= 0.6 is 23.2 Å². The Labute approximate surface area is 260 Å². The van der Waals surface area contributed by atoms with Crippen LogP contribution in [0, 0.1) is 0 Å². The Hall–Kier alpha value is -4.22. The first kappa shape index (κ1) is 27.6. The van der Waals surface area contributed by atoms with Crippen molar-refractivity contribution in [3.05, 3.63) is 142 Å². The second-order valence-corrected chi connectivity index (χ2v) is 12.0. The van der Waals surface area contributed by atoms with Gasteiger partial charge in [-0.2, -0.15) is 0 Å². The van der Waals surface area contributed by atoms with Crippen LogP contribution in [-0.4, -0.2) is 29.2 Å². The smallest absolute Gasteiger partial charge is 0.234 e. The number of benzene rings is 5. The molecule has 0 spiro atoms. The number of nitrogens with one attached hydrogen (secondary N) is 1. The second kappa shape index (κ2) is 11.5. The monoisotopic (exact) mass is 602 g/mol. The Morgan fingerprint density at radius 2 is 1.33 bits per heavy atom. The minimum atomic E-state index is -0.502. The van der Waals surface area contributed by atoms with Gasteiger partial charge in [0.2, 0.25) is 5.91 Å². The van der Waals surface area contributed by atoms with Gasteiger partial charge in [0.15, 0.2) is 5.78 Å². The molecule has 1 heterocycles. The lowest BCUT2D eigenvalue weighted by Crippen LogP contribution is -2.44. The lowest BCUT2D eigenvalue weighted by atomic mass is 9.88. The van der Waals surface area contributed by atoms with Crippen LogP contribution in [-0.2, 0) is 17.9 Å². The van der Waals surface area contributed by atoms with Crippen molar-refractivity contribution >= 4 is 56.4 Å². The number of amides is 1. The number of allylic oxidation sites excluding steroid dienone is 2. The van der Waals surface area contributed by atoms with Crippen LogP contribution in [0.25, 0.3) is 32.7 Å². The maximum atomic E-state index is 13.6. The molecular formula is C37H28Cl2N2O2. The standard InChI is InChI=1S/C37H28Cl2N2O2/c38-27-17-18-33(31(19-27)37(43)30-11-5-6-12-32(30)39)40-34(42)22-41-20-25-15-13-23-7-1-3-9-28(23)35(25)36-26(21-41)16-14-24-8-2-4-10-29(24)36/h1-17,19,33H,18,20-22H2,(H,40,42). The number of carbonyl (C=O) groups is 2. The third-order valence-electron chi connectivity index (χ3n) is 8.37. The number of Topliss-reactive ketones (excluding diaryl/α,β-unsaturated/α-hetero) is 1. The maximum absolute atomic E-state index is 13.6. The zero-order chi connectivity index (χ0) is 29.5. The molecule has 1 aliphatic carbocycles. The minimum absolute atomic E-state index is 0.152. The lowest BCUT2D eigenvalue weighted by Gasteiger charge is -2.26. The van der Waals surface area contributed by atoms with Gasteiger partial charge >= 0.3 is 0 Å². The van der Waals surface area contributed by atoms with Crippen molar-refractivity contribution in [2.45, 2.75) is 25.6 Å². The van der Waals surface area contributed by atoms with E-state index in [9.17, 15) is 9.59 Å². The van der Waals surface area contributed by atoms with Crippen molar-refractivity contribution < 1.29 is 9.59 Å². The van der Waals surface area contributed by atoms with Crippen molar-refractivity contribution in [2.75, 3.05) is 6.54 Å². The number of rotatable bonds is 5. The number of hydrogen-bond donors (Lipinski definition) is 1. The van der Waals surface area contributed by atoms with Crippen LogP contribution in [0.5, 0.6) is 0 Å². The van der Waals surface area contributed by atoms with E-state index in [1.165, 1.54) is 43.8 Å². The molecule has 0 saturated heterocycles. The number of hydrogen-bond acceptors (Lipinski definition) is 3. The zero-order valence-electron chi connectivity index (χ0n) is 23.3. The average molecular weight is 604 g/mol. The van der Waals surface area contributed by atoms with Gasteiger partial charge < -0.3 is 5.32 Å². The largest absolute Gasteiger partial charge is 0.348 e. The van der Waals surface area contributed by atoms with Gasteiger partial charge in [0.05, 0.1) is 17.6 Å². The van der Waals surface area contributed by atoms with E-state index in [0.717, 1.165) is 0 Å². The van der Waals surface area contributed by atoms with E-state index >= 15 is 0 Å². The second-order valence-electron chi connectivity index (χ2n) is 11.1. The molecule has 1 aliphatic heterocycles. The molecule has 1 amide bonds. The number of fused-ring (bicyclic) bond motifs is 7. The van der Waals surface area contributed by atoms with Crippen LogP contribution in [0.1, 0.15) is 27.9 Å². The highest BCUT2D eigenvalue weighted by molar-refractivity contribution is 6.35. The summed E-state index contributed by atoms with van der Waals surface area (Å²) in [4.78, 5) is 29.3. The van der Waals surface area contributed by atoms with Gasteiger partial charge in [0.25, 0.3) is 0 Å². The molecule has 7 rings (SSSR count). The van der Waals surface area contributed by atoms with Gasteiger partial charge in [-0.3, -0.25) is 14.5 Å². The molecule has 43 heavy (non-hydrogen) atoms. The predicted molar refractivity (Wildman–Crippen MR) is 175 cm³/mol. The molecule has 1 atom stereocenters. The molecule has 0 radical (unpaired) electrons. The summed E-state index contributed by atoms with van der Waals surface area (Å²) in [5.74, 6) is -0.389. The fraction of sp³-hybridized carbons (Fsp3) is 0.135. The van der Waals surface area contributed by atoms with Gasteiger partial charge in [0, 0.05) is 29.3 Å². The van der Waals surface area contributed by atoms with Crippen LogP contribution in [0.15, 0.2) is 120 Å². The van der Waals surface area contributed by atoms with E-state index in [0.29, 0.717) is 40.7 Å². The fourth-order valence-electron chi connectivity index (χ4n) is 6.41. The van der Waals surface area contributed by atoms with E-state index in [2.05, 4.69) is 83.0 Å². The first-order chi connectivity index (χ1) is 21.0. The van der Waals surface area contributed by atoms with Crippen LogP contribution in [0.2, 0.25) is 5.02 Å². The summed E-state index contributed by atoms with van der Waals surface area (Å²) in [6.45, 7) is 1.42. The van der Waals surface area contributed by atoms with Crippen molar-refractivity contribution in [3.63, 3.8) is 0 Å². The molecular weight excluding hydrogens is 575 g/mol. The van der Waals surface area contributed by atoms with E-state index in [1.54, 1.807) is 30.3 Å². The molecule has 5 aromatic rings. The molecule has 0 saturated carbocycles. The van der Waals surface area contributed by atoms with Crippen molar-refractivity contribution in [1.82, 2.24) is 10.2 Å². The zero-order valence-corrected chi connectivity index (χ0v) is 24.8. The van der Waals surface area contributed by atoms with Crippen LogP contribution in [0.3, 0.4) is 0 Å². The molecule has 5 aromatic carbocycles. The quantitative estimate of drug-likeness (QED) is 0.205. The third kappa shape index (κ3) is 5.27. The predicted octanol–water partition coefficient (Wildman–Crippen LogP) is 8.45. The first-order valence-corrected chi connectivity index (χ1v) is 15.1. The number of carbonyl (C=O) groups excluding carboxylic acids is 2. The highest BCUT2D eigenvalue weighted by Crippen LogP contribution is 2.42. The Bertz CT molecular complexity index is 1910. The van der Waals surface area contributed by atoms with Crippen molar-refractivity contribution in [2.24, 2.45) is 0 Å². The molecule has 212 valence electrons. The number of halogens is 2. The van der Waals surface area contributed by atoms with Gasteiger partial charge in [0.1, 0.15) is 0 Å².